The maximum atomic E-state index is 10.5. The molecule has 4 nitrogen and oxygen atoms in total. The van der Waals surface area contributed by atoms with E-state index in [1.807, 2.05) is 42.5 Å². The van der Waals surface area contributed by atoms with E-state index in [9.17, 15) is 10.1 Å². The Bertz CT molecular complexity index is 626. The summed E-state index contributed by atoms with van der Waals surface area (Å²) in [5, 5.41) is 22.9. The van der Waals surface area contributed by atoms with Crippen LogP contribution in [0.1, 0.15) is 18.0 Å². The van der Waals surface area contributed by atoms with Crippen molar-refractivity contribution < 1.29 is 9.90 Å². The highest BCUT2D eigenvalue weighted by Crippen LogP contribution is 2.23. The summed E-state index contributed by atoms with van der Waals surface area (Å²) < 4.78 is 0. The van der Waals surface area contributed by atoms with Crippen LogP contribution in [0.15, 0.2) is 42.5 Å². The summed E-state index contributed by atoms with van der Waals surface area (Å²) in [4.78, 5) is 10.5. The molecule has 0 heterocycles. The predicted molar refractivity (Wildman–Crippen MR) is 72.6 cm³/mol. The number of nitriles is 1. The monoisotopic (exact) mass is 254 g/mol. The van der Waals surface area contributed by atoms with E-state index in [0.717, 1.165) is 16.3 Å². The van der Waals surface area contributed by atoms with Gasteiger partial charge in [-0.15, -0.1) is 0 Å². The van der Waals surface area contributed by atoms with Crippen LogP contribution in [0.5, 0.6) is 0 Å². The molecule has 0 aliphatic rings. The van der Waals surface area contributed by atoms with Crippen molar-refractivity contribution >= 4 is 16.7 Å². The van der Waals surface area contributed by atoms with E-state index in [-0.39, 0.29) is 13.0 Å². The Kier molecular flexibility index (Phi) is 4.11. The van der Waals surface area contributed by atoms with Crippen LogP contribution >= 0.6 is 0 Å². The van der Waals surface area contributed by atoms with Crippen LogP contribution in [-0.4, -0.2) is 17.6 Å². The molecule has 0 aliphatic carbocycles. The molecular weight excluding hydrogens is 240 g/mol. The molecule has 0 radical (unpaired) electrons. The van der Waals surface area contributed by atoms with Gasteiger partial charge >= 0.3 is 5.97 Å². The number of nitrogens with one attached hydrogen (secondary N) is 1. The zero-order valence-electron chi connectivity index (χ0n) is 10.3. The number of hydrogen-bond acceptors (Lipinski definition) is 3. The highest BCUT2D eigenvalue weighted by molar-refractivity contribution is 5.86. The summed E-state index contributed by atoms with van der Waals surface area (Å²) in [6.07, 6.45) is 0.00292. The highest BCUT2D eigenvalue weighted by atomic mass is 16.4. The third kappa shape index (κ3) is 3.09. The van der Waals surface area contributed by atoms with Crippen molar-refractivity contribution in [2.45, 2.75) is 12.5 Å². The van der Waals surface area contributed by atoms with E-state index in [4.69, 9.17) is 5.11 Å². The molecule has 0 bridgehead atoms. The average molecular weight is 254 g/mol. The van der Waals surface area contributed by atoms with Gasteiger partial charge in [-0.05, 0) is 16.3 Å². The molecule has 2 aromatic carbocycles. The lowest BCUT2D eigenvalue weighted by molar-refractivity contribution is -0.136. The number of benzene rings is 2. The summed E-state index contributed by atoms with van der Waals surface area (Å²) in [5.74, 6) is -0.873. The van der Waals surface area contributed by atoms with Gasteiger partial charge in [0.15, 0.2) is 0 Å². The Balaban J connectivity index is 2.26. The summed E-state index contributed by atoms with van der Waals surface area (Å²) in [6.45, 7) is 0.275. The highest BCUT2D eigenvalue weighted by Gasteiger charge is 2.13. The summed E-state index contributed by atoms with van der Waals surface area (Å²) >= 11 is 0. The summed E-state index contributed by atoms with van der Waals surface area (Å²) in [5.41, 5.74) is 0.881. The van der Waals surface area contributed by atoms with E-state index in [1.165, 1.54) is 0 Å². The van der Waals surface area contributed by atoms with Gasteiger partial charge in [0.2, 0.25) is 0 Å². The Labute approximate surface area is 111 Å². The van der Waals surface area contributed by atoms with Gasteiger partial charge in [-0.3, -0.25) is 10.1 Å². The largest absolute Gasteiger partial charge is 0.481 e. The van der Waals surface area contributed by atoms with E-state index in [0.29, 0.717) is 0 Å². The average Bonchev–Trinajstić information content (AvgIpc) is 2.43. The van der Waals surface area contributed by atoms with Gasteiger partial charge in [0.05, 0.1) is 12.5 Å². The number of hydrogen-bond donors (Lipinski definition) is 2. The molecule has 0 saturated heterocycles. The Morgan fingerprint density at radius 3 is 2.74 bits per heavy atom. The fourth-order valence-electron chi connectivity index (χ4n) is 2.05. The Morgan fingerprint density at radius 1 is 1.26 bits per heavy atom. The molecule has 0 aliphatic heterocycles. The summed E-state index contributed by atoms with van der Waals surface area (Å²) in [7, 11) is 0. The third-order valence-corrected chi connectivity index (χ3v) is 2.95. The minimum absolute atomic E-state index is 0.00292. The van der Waals surface area contributed by atoms with Crippen LogP contribution in [-0.2, 0) is 4.79 Å². The van der Waals surface area contributed by atoms with Crippen LogP contribution in [0, 0.1) is 11.3 Å². The van der Waals surface area contributed by atoms with E-state index >= 15 is 0 Å². The fraction of sp³-hybridized carbons (Fsp3) is 0.200. The van der Waals surface area contributed by atoms with Crippen molar-refractivity contribution in [2.75, 3.05) is 6.54 Å². The van der Waals surface area contributed by atoms with Crippen molar-refractivity contribution in [3.63, 3.8) is 0 Å². The number of carboxylic acids is 1. The van der Waals surface area contributed by atoms with Gasteiger partial charge in [0.1, 0.15) is 6.04 Å². The molecular formula is C15H14N2O2. The second-order valence-electron chi connectivity index (χ2n) is 4.23. The molecule has 0 fully saturated rings. The Morgan fingerprint density at radius 2 is 2.00 bits per heavy atom. The maximum absolute atomic E-state index is 10.5. The molecule has 0 saturated carbocycles. The second-order valence-corrected chi connectivity index (χ2v) is 4.23. The van der Waals surface area contributed by atoms with E-state index < -0.39 is 12.0 Å². The molecule has 96 valence electrons. The lowest BCUT2D eigenvalue weighted by Crippen LogP contribution is -2.23. The van der Waals surface area contributed by atoms with Gasteiger partial charge in [0.25, 0.3) is 0 Å². The molecule has 2 N–H and O–H groups in total. The molecule has 0 aromatic heterocycles. The fourth-order valence-corrected chi connectivity index (χ4v) is 2.05. The first-order valence-corrected chi connectivity index (χ1v) is 6.05. The topological polar surface area (TPSA) is 73.1 Å². The number of aliphatic carboxylic acids is 1. The number of fused-ring (bicyclic) bond motifs is 1. The molecule has 1 unspecified atom stereocenters. The number of carboxylic acid groups (broad SMARTS) is 1. The second kappa shape index (κ2) is 5.98. The van der Waals surface area contributed by atoms with Crippen molar-refractivity contribution in [3.05, 3.63) is 48.0 Å². The lowest BCUT2D eigenvalue weighted by Gasteiger charge is -2.13. The molecule has 2 aromatic rings. The van der Waals surface area contributed by atoms with Gasteiger partial charge in [-0.25, -0.2) is 0 Å². The number of carbonyl (C=O) groups is 1. The van der Waals surface area contributed by atoms with E-state index in [2.05, 4.69) is 11.4 Å². The molecule has 1 atom stereocenters. The van der Waals surface area contributed by atoms with Crippen molar-refractivity contribution in [1.29, 1.82) is 5.26 Å². The maximum Gasteiger partial charge on any atom is 0.304 e. The van der Waals surface area contributed by atoms with Crippen LogP contribution < -0.4 is 5.32 Å². The standard InChI is InChI=1S/C15H14N2O2/c16-10-14(17-9-8-15(18)19)13-7-3-5-11-4-1-2-6-12(11)13/h1-7,14,17H,8-9H2,(H,18,19). The molecule has 2 rings (SSSR count). The van der Waals surface area contributed by atoms with Crippen LogP contribution in [0.25, 0.3) is 10.8 Å². The minimum Gasteiger partial charge on any atom is -0.481 e. The third-order valence-electron chi connectivity index (χ3n) is 2.95. The van der Waals surface area contributed by atoms with Crippen LogP contribution in [0.3, 0.4) is 0 Å². The SMILES string of the molecule is N#CC(NCCC(=O)O)c1cccc2ccccc12. The number of nitrogens with zero attached hydrogens (tertiary/aromatic N) is 1. The van der Waals surface area contributed by atoms with Gasteiger partial charge in [0, 0.05) is 6.54 Å². The summed E-state index contributed by atoms with van der Waals surface area (Å²) in [6, 6.07) is 15.3. The minimum atomic E-state index is -0.873. The van der Waals surface area contributed by atoms with Crippen molar-refractivity contribution in [1.82, 2.24) is 5.32 Å². The first-order chi connectivity index (χ1) is 9.22. The van der Waals surface area contributed by atoms with Gasteiger partial charge in [-0.1, -0.05) is 42.5 Å². The lowest BCUT2D eigenvalue weighted by atomic mass is 9.99. The quantitative estimate of drug-likeness (QED) is 0.859. The van der Waals surface area contributed by atoms with E-state index in [1.54, 1.807) is 0 Å². The first kappa shape index (κ1) is 13.1. The predicted octanol–water partition coefficient (Wildman–Crippen LogP) is 2.47. The van der Waals surface area contributed by atoms with Crippen LogP contribution in [0.4, 0.5) is 0 Å². The Hall–Kier alpha value is -2.38. The van der Waals surface area contributed by atoms with Crippen molar-refractivity contribution in [2.24, 2.45) is 0 Å². The van der Waals surface area contributed by atoms with Crippen LogP contribution in [0.2, 0.25) is 0 Å². The first-order valence-electron chi connectivity index (χ1n) is 6.05. The number of rotatable bonds is 5. The van der Waals surface area contributed by atoms with Gasteiger partial charge < -0.3 is 5.11 Å². The molecule has 4 heteroatoms. The molecule has 0 amide bonds. The van der Waals surface area contributed by atoms with Crippen molar-refractivity contribution in [3.8, 4) is 6.07 Å². The molecule has 19 heavy (non-hydrogen) atoms. The molecule has 0 spiro atoms. The normalized spacial score (nSPS) is 11.9. The smallest absolute Gasteiger partial charge is 0.304 e. The zero-order valence-corrected chi connectivity index (χ0v) is 10.3. The zero-order chi connectivity index (χ0) is 13.7. The van der Waals surface area contributed by atoms with Gasteiger partial charge in [-0.2, -0.15) is 5.26 Å².